The van der Waals surface area contributed by atoms with Crippen LogP contribution < -0.4 is 5.73 Å². The Labute approximate surface area is 105 Å². The maximum atomic E-state index is 5.66. The lowest BCUT2D eigenvalue weighted by Gasteiger charge is -2.18. The molecular weight excluding hydrogens is 208 g/mol. The topological polar surface area (TPSA) is 29.3 Å². The van der Waals surface area contributed by atoms with Crippen molar-refractivity contribution in [1.82, 2.24) is 4.90 Å². The Hall–Kier alpha value is -0.860. The molecular formula is C15H24N2. The van der Waals surface area contributed by atoms with Crippen molar-refractivity contribution >= 4 is 0 Å². The van der Waals surface area contributed by atoms with Crippen LogP contribution in [0.25, 0.3) is 0 Å². The molecule has 2 unspecified atom stereocenters. The summed E-state index contributed by atoms with van der Waals surface area (Å²) in [5, 5.41) is 0. The molecule has 1 fully saturated rings. The molecule has 0 bridgehead atoms. The normalized spacial score (nSPS) is 23.1. The van der Waals surface area contributed by atoms with Gasteiger partial charge in [0.25, 0.3) is 0 Å². The molecule has 0 saturated heterocycles. The molecule has 1 saturated carbocycles. The monoisotopic (exact) mass is 232 g/mol. The van der Waals surface area contributed by atoms with Gasteiger partial charge in [0.1, 0.15) is 0 Å². The smallest absolute Gasteiger partial charge is 0.0233 e. The van der Waals surface area contributed by atoms with Gasteiger partial charge in [0.15, 0.2) is 0 Å². The van der Waals surface area contributed by atoms with E-state index in [-0.39, 0.29) is 0 Å². The van der Waals surface area contributed by atoms with Crippen LogP contribution in [0.5, 0.6) is 0 Å². The number of hydrogen-bond acceptors (Lipinski definition) is 2. The van der Waals surface area contributed by atoms with Gasteiger partial charge in [-0.2, -0.15) is 0 Å². The van der Waals surface area contributed by atoms with Gasteiger partial charge in [0.05, 0.1) is 0 Å². The molecule has 0 radical (unpaired) electrons. The highest BCUT2D eigenvalue weighted by atomic mass is 15.1. The molecule has 0 aromatic heterocycles. The van der Waals surface area contributed by atoms with Crippen LogP contribution in [-0.4, -0.2) is 25.0 Å². The zero-order valence-electron chi connectivity index (χ0n) is 11.0. The first-order valence-corrected chi connectivity index (χ1v) is 6.66. The molecule has 2 rings (SSSR count). The largest absolute Gasteiger partial charge is 0.330 e. The summed E-state index contributed by atoms with van der Waals surface area (Å²) in [5.41, 5.74) is 8.50. The maximum Gasteiger partial charge on any atom is 0.0233 e. The van der Waals surface area contributed by atoms with Crippen LogP contribution in [0.15, 0.2) is 24.3 Å². The Morgan fingerprint density at radius 2 is 1.94 bits per heavy atom. The van der Waals surface area contributed by atoms with Gasteiger partial charge in [-0.1, -0.05) is 31.2 Å². The van der Waals surface area contributed by atoms with E-state index < -0.39 is 0 Å². The molecule has 0 aliphatic heterocycles. The van der Waals surface area contributed by atoms with E-state index in [0.717, 1.165) is 31.3 Å². The Morgan fingerprint density at radius 3 is 2.53 bits per heavy atom. The number of rotatable bonds is 6. The minimum absolute atomic E-state index is 0.736. The van der Waals surface area contributed by atoms with Gasteiger partial charge in [0.2, 0.25) is 0 Å². The van der Waals surface area contributed by atoms with Crippen LogP contribution in [0.3, 0.4) is 0 Å². The second-order valence-electron chi connectivity index (χ2n) is 5.48. The third-order valence-corrected chi connectivity index (χ3v) is 3.79. The Bertz CT molecular complexity index is 362. The maximum absolute atomic E-state index is 5.66. The first-order valence-electron chi connectivity index (χ1n) is 6.66. The van der Waals surface area contributed by atoms with E-state index in [4.69, 9.17) is 5.73 Å². The molecule has 2 heteroatoms. The highest BCUT2D eigenvalue weighted by molar-refractivity contribution is 5.27. The van der Waals surface area contributed by atoms with Crippen LogP contribution in [0, 0.1) is 11.8 Å². The van der Waals surface area contributed by atoms with E-state index >= 15 is 0 Å². The van der Waals surface area contributed by atoms with Crippen molar-refractivity contribution in [3.63, 3.8) is 0 Å². The van der Waals surface area contributed by atoms with Gasteiger partial charge in [0, 0.05) is 13.1 Å². The summed E-state index contributed by atoms with van der Waals surface area (Å²) >= 11 is 0. The van der Waals surface area contributed by atoms with Crippen molar-refractivity contribution in [2.45, 2.75) is 26.3 Å². The van der Waals surface area contributed by atoms with Crippen LogP contribution in [0.1, 0.15) is 24.5 Å². The fraction of sp³-hybridized carbons (Fsp3) is 0.600. The molecule has 2 nitrogen and oxygen atoms in total. The Kier molecular flexibility index (Phi) is 4.19. The molecule has 0 spiro atoms. The van der Waals surface area contributed by atoms with E-state index in [9.17, 15) is 0 Å². The fourth-order valence-corrected chi connectivity index (χ4v) is 2.52. The van der Waals surface area contributed by atoms with E-state index in [0.29, 0.717) is 0 Å². The number of hydrogen-bond donors (Lipinski definition) is 1. The Morgan fingerprint density at radius 1 is 1.29 bits per heavy atom. The van der Waals surface area contributed by atoms with Crippen LogP contribution in [-0.2, 0) is 13.0 Å². The summed E-state index contributed by atoms with van der Waals surface area (Å²) in [6, 6.07) is 8.67. The van der Waals surface area contributed by atoms with E-state index in [1.165, 1.54) is 24.1 Å². The fourth-order valence-electron chi connectivity index (χ4n) is 2.52. The number of nitrogens with zero attached hydrogens (tertiary/aromatic N) is 1. The molecule has 94 valence electrons. The highest BCUT2D eigenvalue weighted by Gasteiger charge is 2.32. The summed E-state index contributed by atoms with van der Waals surface area (Å²) in [6.07, 6.45) is 2.40. The van der Waals surface area contributed by atoms with Crippen molar-refractivity contribution in [3.8, 4) is 0 Å². The van der Waals surface area contributed by atoms with Crippen LogP contribution in [0.4, 0.5) is 0 Å². The lowest BCUT2D eigenvalue weighted by atomic mass is 10.0. The SMILES string of the molecule is CC1CC1CN(C)Cc1ccccc1CCN. The summed E-state index contributed by atoms with van der Waals surface area (Å²) in [4.78, 5) is 2.45. The van der Waals surface area contributed by atoms with Gasteiger partial charge in [-0.25, -0.2) is 0 Å². The van der Waals surface area contributed by atoms with Crippen molar-refractivity contribution in [3.05, 3.63) is 35.4 Å². The quantitative estimate of drug-likeness (QED) is 0.815. The molecule has 0 amide bonds. The number of nitrogens with two attached hydrogens (primary N) is 1. The van der Waals surface area contributed by atoms with Crippen molar-refractivity contribution < 1.29 is 0 Å². The first kappa shape index (κ1) is 12.6. The second-order valence-corrected chi connectivity index (χ2v) is 5.48. The van der Waals surface area contributed by atoms with E-state index in [1.807, 2.05) is 0 Å². The lowest BCUT2D eigenvalue weighted by molar-refractivity contribution is 0.306. The minimum Gasteiger partial charge on any atom is -0.330 e. The molecule has 1 aromatic rings. The highest BCUT2D eigenvalue weighted by Crippen LogP contribution is 2.38. The molecule has 2 N–H and O–H groups in total. The predicted molar refractivity (Wildman–Crippen MR) is 72.8 cm³/mol. The average Bonchev–Trinajstić information content (AvgIpc) is 2.97. The molecule has 0 heterocycles. The van der Waals surface area contributed by atoms with Gasteiger partial charge in [-0.3, -0.25) is 0 Å². The molecule has 17 heavy (non-hydrogen) atoms. The Balaban J connectivity index is 1.92. The first-order chi connectivity index (χ1) is 8.20. The van der Waals surface area contributed by atoms with Gasteiger partial charge >= 0.3 is 0 Å². The molecule has 1 aromatic carbocycles. The van der Waals surface area contributed by atoms with E-state index in [2.05, 4.69) is 43.1 Å². The van der Waals surface area contributed by atoms with Gasteiger partial charge in [-0.05, 0) is 49.4 Å². The molecule has 1 aliphatic rings. The van der Waals surface area contributed by atoms with Crippen molar-refractivity contribution in [2.75, 3.05) is 20.1 Å². The zero-order chi connectivity index (χ0) is 12.3. The summed E-state index contributed by atoms with van der Waals surface area (Å²) in [5.74, 6) is 1.87. The van der Waals surface area contributed by atoms with E-state index in [1.54, 1.807) is 0 Å². The summed E-state index contributed by atoms with van der Waals surface area (Å²) < 4.78 is 0. The third kappa shape index (κ3) is 3.55. The standard InChI is InChI=1S/C15H24N2/c1-12-9-15(12)11-17(2)10-14-6-4-3-5-13(14)7-8-16/h3-6,12,15H,7-11,16H2,1-2H3. The van der Waals surface area contributed by atoms with Crippen LogP contribution in [0.2, 0.25) is 0 Å². The second kappa shape index (κ2) is 5.65. The van der Waals surface area contributed by atoms with Crippen molar-refractivity contribution in [2.24, 2.45) is 17.6 Å². The van der Waals surface area contributed by atoms with Crippen molar-refractivity contribution in [1.29, 1.82) is 0 Å². The predicted octanol–water partition coefficient (Wildman–Crippen LogP) is 2.28. The lowest BCUT2D eigenvalue weighted by Crippen LogP contribution is -2.22. The van der Waals surface area contributed by atoms with Gasteiger partial charge < -0.3 is 10.6 Å². The average molecular weight is 232 g/mol. The zero-order valence-corrected chi connectivity index (χ0v) is 11.0. The minimum atomic E-state index is 0.736. The summed E-state index contributed by atoms with van der Waals surface area (Å²) in [7, 11) is 2.23. The summed E-state index contributed by atoms with van der Waals surface area (Å²) in [6.45, 7) is 5.37. The molecule has 1 aliphatic carbocycles. The number of benzene rings is 1. The molecule has 2 atom stereocenters. The third-order valence-electron chi connectivity index (χ3n) is 3.79. The van der Waals surface area contributed by atoms with Crippen LogP contribution >= 0.6 is 0 Å². The van der Waals surface area contributed by atoms with Gasteiger partial charge in [-0.15, -0.1) is 0 Å².